The zero-order valence-electron chi connectivity index (χ0n) is 9.15. The number of nitriles is 1. The van der Waals surface area contributed by atoms with Crippen LogP contribution in [0.3, 0.4) is 0 Å². The molecule has 0 spiro atoms. The van der Waals surface area contributed by atoms with Crippen molar-refractivity contribution in [1.29, 1.82) is 10.7 Å². The Morgan fingerprint density at radius 1 is 1.12 bits per heavy atom. The predicted molar refractivity (Wildman–Crippen MR) is 62.9 cm³/mol. The van der Waals surface area contributed by atoms with Gasteiger partial charge in [-0.25, -0.2) is 9.97 Å². The average molecular weight is 220 g/mol. The molecule has 1 aromatic heterocycles. The van der Waals surface area contributed by atoms with Crippen LogP contribution in [0.1, 0.15) is 22.6 Å². The van der Waals surface area contributed by atoms with E-state index in [1.165, 1.54) is 0 Å². The third-order valence-electron chi connectivity index (χ3n) is 2.86. The van der Waals surface area contributed by atoms with Crippen LogP contribution in [0.4, 0.5) is 0 Å². The van der Waals surface area contributed by atoms with Gasteiger partial charge in [0.25, 0.3) is 0 Å². The second kappa shape index (κ2) is 3.22. The van der Waals surface area contributed by atoms with Crippen molar-refractivity contribution in [3.8, 4) is 17.3 Å². The van der Waals surface area contributed by atoms with Gasteiger partial charge in [-0.15, -0.1) is 0 Å². The third kappa shape index (κ3) is 1.20. The lowest BCUT2D eigenvalue weighted by atomic mass is 10.1. The smallest absolute Gasteiger partial charge is 0.162 e. The number of aryl methyl sites for hydroxylation is 1. The molecule has 0 saturated heterocycles. The summed E-state index contributed by atoms with van der Waals surface area (Å²) in [4.78, 5) is 8.61. The molecule has 0 aliphatic heterocycles. The van der Waals surface area contributed by atoms with Gasteiger partial charge in [0.2, 0.25) is 0 Å². The van der Waals surface area contributed by atoms with Crippen LogP contribution < -0.4 is 0 Å². The number of aromatic nitrogens is 2. The largest absolute Gasteiger partial charge is 0.298 e. The number of nitrogens with zero attached hydrogens (tertiary/aromatic N) is 3. The fraction of sp³-hybridized carbons (Fsp3) is 0.0769. The molecular weight excluding hydrogens is 212 g/mol. The minimum atomic E-state index is 0.293. The molecule has 1 aliphatic rings. The van der Waals surface area contributed by atoms with Crippen molar-refractivity contribution < 1.29 is 0 Å². The van der Waals surface area contributed by atoms with E-state index in [0.29, 0.717) is 28.5 Å². The van der Waals surface area contributed by atoms with E-state index in [4.69, 9.17) is 10.7 Å². The fourth-order valence-corrected chi connectivity index (χ4v) is 2.02. The van der Waals surface area contributed by atoms with Gasteiger partial charge in [-0.05, 0) is 6.92 Å². The maximum Gasteiger partial charge on any atom is 0.162 e. The normalized spacial score (nSPS) is 11.9. The van der Waals surface area contributed by atoms with E-state index in [9.17, 15) is 0 Å². The highest BCUT2D eigenvalue weighted by atomic mass is 14.9. The zero-order valence-corrected chi connectivity index (χ0v) is 9.15. The minimum Gasteiger partial charge on any atom is -0.298 e. The SMILES string of the molecule is Cc1nc2c(nc1C#N)C(=N)c1ccccc1-2. The van der Waals surface area contributed by atoms with Gasteiger partial charge in [0.05, 0.1) is 17.1 Å². The van der Waals surface area contributed by atoms with E-state index >= 15 is 0 Å². The summed E-state index contributed by atoms with van der Waals surface area (Å²) in [6.07, 6.45) is 0. The van der Waals surface area contributed by atoms with E-state index in [1.54, 1.807) is 6.92 Å². The molecule has 0 fully saturated rings. The van der Waals surface area contributed by atoms with Gasteiger partial charge >= 0.3 is 0 Å². The second-order valence-corrected chi connectivity index (χ2v) is 3.89. The highest BCUT2D eigenvalue weighted by Crippen LogP contribution is 2.33. The minimum absolute atomic E-state index is 0.293. The summed E-state index contributed by atoms with van der Waals surface area (Å²) < 4.78 is 0. The number of hydrogen-bond donors (Lipinski definition) is 1. The van der Waals surface area contributed by atoms with Gasteiger partial charge in [0, 0.05) is 11.1 Å². The second-order valence-electron chi connectivity index (χ2n) is 3.89. The van der Waals surface area contributed by atoms with Crippen molar-refractivity contribution in [2.45, 2.75) is 6.92 Å². The van der Waals surface area contributed by atoms with Gasteiger partial charge in [0.1, 0.15) is 11.8 Å². The van der Waals surface area contributed by atoms with Gasteiger partial charge in [0.15, 0.2) is 5.69 Å². The molecule has 0 unspecified atom stereocenters. The molecule has 4 nitrogen and oxygen atoms in total. The van der Waals surface area contributed by atoms with Crippen LogP contribution in [0.5, 0.6) is 0 Å². The van der Waals surface area contributed by atoms with Crippen LogP contribution in [0.25, 0.3) is 11.3 Å². The van der Waals surface area contributed by atoms with Crippen molar-refractivity contribution >= 4 is 5.71 Å². The quantitative estimate of drug-likeness (QED) is 0.630. The Bertz CT molecular complexity index is 695. The molecule has 3 rings (SSSR count). The Morgan fingerprint density at radius 3 is 2.53 bits per heavy atom. The summed E-state index contributed by atoms with van der Waals surface area (Å²) in [5.74, 6) is 0. The molecule has 80 valence electrons. The molecule has 1 heterocycles. The van der Waals surface area contributed by atoms with Crippen LogP contribution in [-0.2, 0) is 0 Å². The molecule has 0 bridgehead atoms. The first-order valence-electron chi connectivity index (χ1n) is 5.20. The number of rotatable bonds is 0. The van der Waals surface area contributed by atoms with Crippen molar-refractivity contribution in [2.75, 3.05) is 0 Å². The molecule has 1 N–H and O–H groups in total. The third-order valence-corrected chi connectivity index (χ3v) is 2.86. The lowest BCUT2D eigenvalue weighted by Gasteiger charge is -2.01. The molecular formula is C13H8N4. The lowest BCUT2D eigenvalue weighted by molar-refractivity contribution is 1.09. The lowest BCUT2D eigenvalue weighted by Crippen LogP contribution is -2.03. The summed E-state index contributed by atoms with van der Waals surface area (Å²) in [6.45, 7) is 1.76. The van der Waals surface area contributed by atoms with E-state index in [0.717, 1.165) is 11.1 Å². The summed E-state index contributed by atoms with van der Waals surface area (Å²) in [7, 11) is 0. The van der Waals surface area contributed by atoms with Crippen molar-refractivity contribution in [1.82, 2.24) is 9.97 Å². The Kier molecular flexibility index (Phi) is 1.83. The van der Waals surface area contributed by atoms with Crippen LogP contribution in [0, 0.1) is 23.7 Å². The van der Waals surface area contributed by atoms with Crippen LogP contribution in [-0.4, -0.2) is 15.7 Å². The molecule has 17 heavy (non-hydrogen) atoms. The number of benzene rings is 1. The van der Waals surface area contributed by atoms with Crippen LogP contribution in [0.2, 0.25) is 0 Å². The Labute approximate surface area is 98.1 Å². The maximum absolute atomic E-state index is 8.93. The van der Waals surface area contributed by atoms with Crippen molar-refractivity contribution in [2.24, 2.45) is 0 Å². The molecule has 1 aliphatic carbocycles. The standard InChI is InChI=1S/C13H8N4/c1-7-10(6-14)17-13-11(15)8-4-2-3-5-9(8)12(13)16-7/h2-5,15H,1H3. The van der Waals surface area contributed by atoms with Crippen LogP contribution in [0.15, 0.2) is 24.3 Å². The molecule has 0 atom stereocenters. The summed E-state index contributed by atoms with van der Waals surface area (Å²) in [6, 6.07) is 9.61. The highest BCUT2D eigenvalue weighted by molar-refractivity contribution is 6.21. The molecule has 0 saturated carbocycles. The van der Waals surface area contributed by atoms with Crippen molar-refractivity contribution in [3.05, 3.63) is 46.9 Å². The zero-order chi connectivity index (χ0) is 12.0. The molecule has 0 amide bonds. The summed E-state index contributed by atoms with van der Waals surface area (Å²) >= 11 is 0. The Hall–Kier alpha value is -2.54. The van der Waals surface area contributed by atoms with E-state index in [1.807, 2.05) is 30.3 Å². The Balaban J connectivity index is 2.37. The first-order chi connectivity index (χ1) is 8.22. The topological polar surface area (TPSA) is 73.4 Å². The van der Waals surface area contributed by atoms with Crippen LogP contribution >= 0.6 is 0 Å². The Morgan fingerprint density at radius 2 is 1.82 bits per heavy atom. The first-order valence-corrected chi connectivity index (χ1v) is 5.20. The van der Waals surface area contributed by atoms with Crippen molar-refractivity contribution in [3.63, 3.8) is 0 Å². The van der Waals surface area contributed by atoms with E-state index in [-0.39, 0.29) is 0 Å². The van der Waals surface area contributed by atoms with Gasteiger partial charge in [-0.3, -0.25) is 5.41 Å². The average Bonchev–Trinajstić information content (AvgIpc) is 2.63. The highest BCUT2D eigenvalue weighted by Gasteiger charge is 2.27. The van der Waals surface area contributed by atoms with Gasteiger partial charge in [-0.1, -0.05) is 24.3 Å². The van der Waals surface area contributed by atoms with E-state index in [2.05, 4.69) is 9.97 Å². The predicted octanol–water partition coefficient (Wildman–Crippen LogP) is 2.05. The number of fused-ring (bicyclic) bond motifs is 3. The fourth-order valence-electron chi connectivity index (χ4n) is 2.02. The number of nitrogens with one attached hydrogen (secondary N) is 1. The van der Waals surface area contributed by atoms with Gasteiger partial charge in [-0.2, -0.15) is 5.26 Å². The van der Waals surface area contributed by atoms with Gasteiger partial charge < -0.3 is 0 Å². The van der Waals surface area contributed by atoms with E-state index < -0.39 is 0 Å². The molecule has 4 heteroatoms. The molecule has 0 radical (unpaired) electrons. The molecule has 2 aromatic rings. The monoisotopic (exact) mass is 220 g/mol. The first kappa shape index (κ1) is 9.67. The number of hydrogen-bond acceptors (Lipinski definition) is 4. The maximum atomic E-state index is 8.93. The molecule has 1 aromatic carbocycles. The summed E-state index contributed by atoms with van der Waals surface area (Å²) in [5.41, 5.74) is 4.22. The summed E-state index contributed by atoms with van der Waals surface area (Å²) in [5, 5.41) is 17.0.